The molecule has 15 heavy (non-hydrogen) atoms. The van der Waals surface area contributed by atoms with E-state index in [9.17, 15) is 0 Å². The van der Waals surface area contributed by atoms with Crippen LogP contribution in [0, 0.1) is 0 Å². The largest absolute Gasteiger partial charge is 0.334 e. The molecule has 0 aliphatic rings. The summed E-state index contributed by atoms with van der Waals surface area (Å²) >= 11 is 6.21. The molecule has 0 aliphatic heterocycles. The second kappa shape index (κ2) is 3.83. The molecule has 0 saturated carbocycles. The van der Waals surface area contributed by atoms with Crippen molar-refractivity contribution in [3.63, 3.8) is 0 Å². The van der Waals surface area contributed by atoms with Crippen LogP contribution in [0.15, 0.2) is 18.5 Å². The molecule has 80 valence electrons. The maximum Gasteiger partial charge on any atom is 0.0955 e. The topological polar surface area (TPSA) is 43.8 Å². The van der Waals surface area contributed by atoms with Crippen molar-refractivity contribution in [1.82, 2.24) is 9.55 Å². The smallest absolute Gasteiger partial charge is 0.0955 e. The molecule has 2 N–H and O–H groups in total. The van der Waals surface area contributed by atoms with Crippen LogP contribution in [0.5, 0.6) is 0 Å². The van der Waals surface area contributed by atoms with Gasteiger partial charge < -0.3 is 10.3 Å². The fourth-order valence-corrected chi connectivity index (χ4v) is 2.01. The molecule has 1 heterocycles. The third-order valence-electron chi connectivity index (χ3n) is 2.73. The minimum absolute atomic E-state index is 0.268. The molecular formula is C11H14ClN3. The molecule has 1 atom stereocenters. The third kappa shape index (κ3) is 1.73. The molecule has 0 saturated heterocycles. The summed E-state index contributed by atoms with van der Waals surface area (Å²) in [6, 6.07) is 3.97. The first-order valence-corrected chi connectivity index (χ1v) is 5.31. The van der Waals surface area contributed by atoms with Crippen molar-refractivity contribution in [1.29, 1.82) is 0 Å². The van der Waals surface area contributed by atoms with E-state index in [2.05, 4.69) is 11.9 Å². The maximum atomic E-state index is 6.21. The van der Waals surface area contributed by atoms with Gasteiger partial charge in [-0.1, -0.05) is 18.5 Å². The Labute approximate surface area is 93.9 Å². The Bertz CT molecular complexity index is 490. The van der Waals surface area contributed by atoms with Crippen LogP contribution >= 0.6 is 11.6 Å². The summed E-state index contributed by atoms with van der Waals surface area (Å²) in [7, 11) is 1.96. The SMILES string of the molecule is CC(CN)c1cc2ncn(C)c2cc1Cl. The van der Waals surface area contributed by atoms with Crippen LogP contribution in [-0.2, 0) is 7.05 Å². The van der Waals surface area contributed by atoms with Crippen molar-refractivity contribution < 1.29 is 0 Å². The van der Waals surface area contributed by atoms with Crippen molar-refractivity contribution in [3.8, 4) is 0 Å². The van der Waals surface area contributed by atoms with Gasteiger partial charge in [0.1, 0.15) is 0 Å². The Morgan fingerprint density at radius 2 is 2.27 bits per heavy atom. The van der Waals surface area contributed by atoms with Gasteiger partial charge in [0, 0.05) is 12.1 Å². The fourth-order valence-electron chi connectivity index (χ4n) is 1.67. The van der Waals surface area contributed by atoms with Gasteiger partial charge in [-0.3, -0.25) is 0 Å². The van der Waals surface area contributed by atoms with Crippen LogP contribution in [0.25, 0.3) is 11.0 Å². The highest BCUT2D eigenvalue weighted by Crippen LogP contribution is 2.28. The molecule has 0 spiro atoms. The van der Waals surface area contributed by atoms with Gasteiger partial charge in [0.05, 0.1) is 17.4 Å². The Balaban J connectivity index is 2.63. The van der Waals surface area contributed by atoms with Gasteiger partial charge in [-0.25, -0.2) is 4.98 Å². The minimum Gasteiger partial charge on any atom is -0.334 e. The van der Waals surface area contributed by atoms with Gasteiger partial charge in [0.2, 0.25) is 0 Å². The Hall–Kier alpha value is -1.06. The van der Waals surface area contributed by atoms with Crippen molar-refractivity contribution in [3.05, 3.63) is 29.0 Å². The van der Waals surface area contributed by atoms with Gasteiger partial charge in [-0.05, 0) is 30.2 Å². The van der Waals surface area contributed by atoms with E-state index < -0.39 is 0 Å². The predicted octanol–water partition coefficient (Wildman–Crippen LogP) is 2.29. The summed E-state index contributed by atoms with van der Waals surface area (Å²) < 4.78 is 1.96. The number of fused-ring (bicyclic) bond motifs is 1. The van der Waals surface area contributed by atoms with Gasteiger partial charge in [-0.2, -0.15) is 0 Å². The molecule has 1 aromatic carbocycles. The van der Waals surface area contributed by atoms with Gasteiger partial charge in [-0.15, -0.1) is 0 Å². The highest BCUT2D eigenvalue weighted by atomic mass is 35.5. The monoisotopic (exact) mass is 223 g/mol. The van der Waals surface area contributed by atoms with E-state index in [0.717, 1.165) is 21.6 Å². The average Bonchev–Trinajstić information content (AvgIpc) is 2.58. The van der Waals surface area contributed by atoms with Crippen molar-refractivity contribution in [2.75, 3.05) is 6.54 Å². The number of halogens is 1. The third-order valence-corrected chi connectivity index (χ3v) is 3.06. The Morgan fingerprint density at radius 1 is 1.53 bits per heavy atom. The standard InChI is InChI=1S/C11H14ClN3/c1-7(5-13)8-3-10-11(4-9(8)12)15(2)6-14-10/h3-4,6-7H,5,13H2,1-2H3. The normalized spacial score (nSPS) is 13.3. The predicted molar refractivity (Wildman–Crippen MR) is 63.2 cm³/mol. The highest BCUT2D eigenvalue weighted by molar-refractivity contribution is 6.32. The molecule has 2 rings (SSSR count). The van der Waals surface area contributed by atoms with E-state index in [4.69, 9.17) is 17.3 Å². The number of nitrogens with two attached hydrogens (primary N) is 1. The number of aryl methyl sites for hydroxylation is 1. The fraction of sp³-hybridized carbons (Fsp3) is 0.364. The molecule has 0 bridgehead atoms. The second-order valence-electron chi connectivity index (χ2n) is 3.85. The van der Waals surface area contributed by atoms with E-state index >= 15 is 0 Å². The van der Waals surface area contributed by atoms with E-state index in [1.807, 2.05) is 23.7 Å². The zero-order chi connectivity index (χ0) is 11.0. The quantitative estimate of drug-likeness (QED) is 0.849. The number of imidazole rings is 1. The van der Waals surface area contributed by atoms with Crippen LogP contribution in [0.4, 0.5) is 0 Å². The van der Waals surface area contributed by atoms with Crippen molar-refractivity contribution in [2.45, 2.75) is 12.8 Å². The molecule has 2 aromatic rings. The summed E-state index contributed by atoms with van der Waals surface area (Å²) in [6.45, 7) is 2.66. The summed E-state index contributed by atoms with van der Waals surface area (Å²) in [6.07, 6.45) is 1.79. The van der Waals surface area contributed by atoms with Crippen molar-refractivity contribution >= 4 is 22.6 Å². The molecule has 1 unspecified atom stereocenters. The molecule has 0 aliphatic carbocycles. The van der Waals surface area contributed by atoms with E-state index in [1.54, 1.807) is 6.33 Å². The lowest BCUT2D eigenvalue weighted by Crippen LogP contribution is -2.09. The first-order chi connectivity index (χ1) is 7.13. The van der Waals surface area contributed by atoms with Crippen LogP contribution in [0.3, 0.4) is 0 Å². The lowest BCUT2D eigenvalue weighted by atomic mass is 10.0. The molecule has 1 aromatic heterocycles. The maximum absolute atomic E-state index is 6.21. The molecule has 4 heteroatoms. The zero-order valence-electron chi connectivity index (χ0n) is 8.87. The van der Waals surface area contributed by atoms with Crippen LogP contribution in [0.1, 0.15) is 18.4 Å². The van der Waals surface area contributed by atoms with Crippen LogP contribution < -0.4 is 5.73 Å². The van der Waals surface area contributed by atoms with Crippen molar-refractivity contribution in [2.24, 2.45) is 12.8 Å². The summed E-state index contributed by atoms with van der Waals surface area (Å²) in [4.78, 5) is 4.30. The minimum atomic E-state index is 0.268. The summed E-state index contributed by atoms with van der Waals surface area (Å²) in [5, 5.41) is 0.768. The highest BCUT2D eigenvalue weighted by Gasteiger charge is 2.11. The summed E-state index contributed by atoms with van der Waals surface area (Å²) in [5.74, 6) is 0.268. The van der Waals surface area contributed by atoms with E-state index in [1.165, 1.54) is 0 Å². The lowest BCUT2D eigenvalue weighted by Gasteiger charge is -2.11. The average molecular weight is 224 g/mol. The number of nitrogens with zero attached hydrogens (tertiary/aromatic N) is 2. The first kappa shape index (κ1) is 10.5. The first-order valence-electron chi connectivity index (χ1n) is 4.94. The number of hydrogen-bond acceptors (Lipinski definition) is 2. The molecule has 0 amide bonds. The molecule has 0 radical (unpaired) electrons. The number of aromatic nitrogens is 2. The molecular weight excluding hydrogens is 210 g/mol. The second-order valence-corrected chi connectivity index (χ2v) is 4.26. The van der Waals surface area contributed by atoms with E-state index in [-0.39, 0.29) is 5.92 Å². The lowest BCUT2D eigenvalue weighted by molar-refractivity contribution is 0.775. The van der Waals surface area contributed by atoms with Gasteiger partial charge in [0.15, 0.2) is 0 Å². The Kier molecular flexibility index (Phi) is 2.67. The molecule has 3 nitrogen and oxygen atoms in total. The van der Waals surface area contributed by atoms with E-state index in [0.29, 0.717) is 6.54 Å². The summed E-state index contributed by atoms with van der Waals surface area (Å²) in [5.41, 5.74) is 8.73. The number of benzene rings is 1. The van der Waals surface area contributed by atoms with Crippen LogP contribution in [-0.4, -0.2) is 16.1 Å². The van der Waals surface area contributed by atoms with Gasteiger partial charge >= 0.3 is 0 Å². The van der Waals surface area contributed by atoms with Gasteiger partial charge in [0.25, 0.3) is 0 Å². The van der Waals surface area contributed by atoms with Crippen LogP contribution in [0.2, 0.25) is 5.02 Å². The Morgan fingerprint density at radius 3 is 2.93 bits per heavy atom. The zero-order valence-corrected chi connectivity index (χ0v) is 9.62. The number of rotatable bonds is 2. The number of hydrogen-bond donors (Lipinski definition) is 1. The molecule has 0 fully saturated rings.